The molecule has 1 heterocycles. The van der Waals surface area contributed by atoms with Gasteiger partial charge in [0.05, 0.1) is 6.42 Å². The maximum atomic E-state index is 12.3. The van der Waals surface area contributed by atoms with E-state index in [1.165, 1.54) is 6.08 Å². The molecule has 2 rings (SSSR count). The summed E-state index contributed by atoms with van der Waals surface area (Å²) in [5.41, 5.74) is 1.59. The van der Waals surface area contributed by atoms with Crippen LogP contribution in [0.3, 0.4) is 0 Å². The molecule has 1 saturated heterocycles. The van der Waals surface area contributed by atoms with E-state index in [1.54, 1.807) is 6.07 Å². The van der Waals surface area contributed by atoms with Crippen molar-refractivity contribution in [3.05, 3.63) is 42.5 Å². The number of nitrogens with zero attached hydrogens (tertiary/aromatic N) is 2. The molecular weight excluding hydrogens is 266 g/mol. The zero-order valence-electron chi connectivity index (χ0n) is 12.3. The largest absolute Gasteiger partial charge is 0.340 e. The van der Waals surface area contributed by atoms with Gasteiger partial charge in [-0.3, -0.25) is 9.59 Å². The molecule has 112 valence electrons. The number of amides is 2. The van der Waals surface area contributed by atoms with Crippen molar-refractivity contribution in [2.75, 3.05) is 38.5 Å². The van der Waals surface area contributed by atoms with Crippen LogP contribution in [-0.4, -0.2) is 54.8 Å². The lowest BCUT2D eigenvalue weighted by atomic mass is 10.1. The van der Waals surface area contributed by atoms with Crippen LogP contribution in [0, 0.1) is 0 Å². The van der Waals surface area contributed by atoms with Crippen LogP contribution in [0.5, 0.6) is 0 Å². The molecule has 5 nitrogen and oxygen atoms in total. The highest BCUT2D eigenvalue weighted by Crippen LogP contribution is 2.13. The molecule has 0 aliphatic carbocycles. The van der Waals surface area contributed by atoms with Crippen molar-refractivity contribution in [3.8, 4) is 0 Å². The van der Waals surface area contributed by atoms with Crippen LogP contribution in [0.1, 0.15) is 5.56 Å². The van der Waals surface area contributed by atoms with E-state index < -0.39 is 0 Å². The highest BCUT2D eigenvalue weighted by molar-refractivity contribution is 5.98. The van der Waals surface area contributed by atoms with Gasteiger partial charge in [-0.15, -0.1) is 0 Å². The van der Waals surface area contributed by atoms with E-state index in [9.17, 15) is 9.59 Å². The fourth-order valence-corrected chi connectivity index (χ4v) is 2.29. The molecule has 1 aliphatic rings. The fourth-order valence-electron chi connectivity index (χ4n) is 2.29. The number of hydrogen-bond acceptors (Lipinski definition) is 3. The van der Waals surface area contributed by atoms with Gasteiger partial charge in [0.15, 0.2) is 0 Å². The predicted molar refractivity (Wildman–Crippen MR) is 83.0 cm³/mol. The van der Waals surface area contributed by atoms with E-state index in [1.807, 2.05) is 23.1 Å². The molecule has 0 radical (unpaired) electrons. The maximum Gasteiger partial charge on any atom is 0.247 e. The van der Waals surface area contributed by atoms with Crippen molar-refractivity contribution in [3.63, 3.8) is 0 Å². The number of piperazine rings is 1. The van der Waals surface area contributed by atoms with Crippen LogP contribution in [0.2, 0.25) is 0 Å². The second kappa shape index (κ2) is 7.04. The molecule has 0 aromatic heterocycles. The summed E-state index contributed by atoms with van der Waals surface area (Å²) < 4.78 is 0. The average Bonchev–Trinajstić information content (AvgIpc) is 2.48. The smallest absolute Gasteiger partial charge is 0.247 e. The van der Waals surface area contributed by atoms with Gasteiger partial charge in [0.2, 0.25) is 11.8 Å². The van der Waals surface area contributed by atoms with Gasteiger partial charge in [-0.25, -0.2) is 0 Å². The average molecular weight is 287 g/mol. The summed E-state index contributed by atoms with van der Waals surface area (Å²) in [6.45, 7) is 6.81. The lowest BCUT2D eigenvalue weighted by Crippen LogP contribution is -2.47. The Labute approximate surface area is 125 Å². The van der Waals surface area contributed by atoms with Gasteiger partial charge >= 0.3 is 0 Å². The summed E-state index contributed by atoms with van der Waals surface area (Å²) in [7, 11) is 2.06. The lowest BCUT2D eigenvalue weighted by Gasteiger charge is -2.32. The van der Waals surface area contributed by atoms with Crippen molar-refractivity contribution < 1.29 is 9.59 Å². The van der Waals surface area contributed by atoms with Crippen LogP contribution in [0.25, 0.3) is 0 Å². The molecule has 1 fully saturated rings. The van der Waals surface area contributed by atoms with Gasteiger partial charge < -0.3 is 15.1 Å². The molecule has 1 aromatic rings. The maximum absolute atomic E-state index is 12.3. The first-order chi connectivity index (χ1) is 10.1. The minimum absolute atomic E-state index is 0.135. The molecule has 0 saturated carbocycles. The first-order valence-corrected chi connectivity index (χ1v) is 7.07. The van der Waals surface area contributed by atoms with E-state index >= 15 is 0 Å². The van der Waals surface area contributed by atoms with E-state index in [4.69, 9.17) is 0 Å². The van der Waals surface area contributed by atoms with Gasteiger partial charge in [-0.2, -0.15) is 0 Å². The zero-order valence-corrected chi connectivity index (χ0v) is 12.3. The van der Waals surface area contributed by atoms with Gasteiger partial charge in [0.1, 0.15) is 0 Å². The van der Waals surface area contributed by atoms with E-state index in [0.717, 1.165) is 31.7 Å². The minimum Gasteiger partial charge on any atom is -0.340 e. The van der Waals surface area contributed by atoms with Gasteiger partial charge in [-0.05, 0) is 30.8 Å². The van der Waals surface area contributed by atoms with Crippen molar-refractivity contribution in [2.45, 2.75) is 6.42 Å². The van der Waals surface area contributed by atoms with Crippen molar-refractivity contribution in [2.24, 2.45) is 0 Å². The van der Waals surface area contributed by atoms with E-state index in [-0.39, 0.29) is 11.8 Å². The number of carbonyl (C=O) groups excluding carboxylic acids is 2. The summed E-state index contributed by atoms with van der Waals surface area (Å²) in [5, 5.41) is 2.70. The topological polar surface area (TPSA) is 52.7 Å². The summed E-state index contributed by atoms with van der Waals surface area (Å²) >= 11 is 0. The second-order valence-electron chi connectivity index (χ2n) is 5.25. The number of hydrogen-bond donors (Lipinski definition) is 1. The summed E-state index contributed by atoms with van der Waals surface area (Å²) in [4.78, 5) is 27.7. The Morgan fingerprint density at radius 3 is 2.67 bits per heavy atom. The third-order valence-electron chi connectivity index (χ3n) is 3.59. The lowest BCUT2D eigenvalue weighted by molar-refractivity contribution is -0.132. The Kier molecular flexibility index (Phi) is 5.11. The Morgan fingerprint density at radius 2 is 2.00 bits per heavy atom. The molecule has 0 bridgehead atoms. The number of nitrogens with one attached hydrogen (secondary N) is 1. The summed E-state index contributed by atoms with van der Waals surface area (Å²) in [5.74, 6) is -0.118. The molecule has 2 amide bonds. The highest BCUT2D eigenvalue weighted by atomic mass is 16.2. The Bertz CT molecular complexity index is 534. The molecule has 21 heavy (non-hydrogen) atoms. The van der Waals surface area contributed by atoms with Crippen LogP contribution in [-0.2, 0) is 16.0 Å². The molecule has 5 heteroatoms. The Hall–Kier alpha value is -2.14. The minimum atomic E-state index is -0.252. The number of anilines is 1. The fraction of sp³-hybridized carbons (Fsp3) is 0.375. The van der Waals surface area contributed by atoms with E-state index in [2.05, 4.69) is 23.8 Å². The number of carbonyl (C=O) groups is 2. The molecule has 0 spiro atoms. The van der Waals surface area contributed by atoms with Crippen LogP contribution < -0.4 is 5.32 Å². The van der Waals surface area contributed by atoms with Crippen molar-refractivity contribution >= 4 is 17.5 Å². The van der Waals surface area contributed by atoms with E-state index in [0.29, 0.717) is 12.1 Å². The van der Waals surface area contributed by atoms with Crippen molar-refractivity contribution in [1.82, 2.24) is 9.80 Å². The number of likely N-dealkylation sites (N-methyl/N-ethyl adjacent to an activating group) is 1. The highest BCUT2D eigenvalue weighted by Gasteiger charge is 2.19. The Morgan fingerprint density at radius 1 is 1.29 bits per heavy atom. The quantitative estimate of drug-likeness (QED) is 0.845. The zero-order chi connectivity index (χ0) is 15.2. The van der Waals surface area contributed by atoms with Crippen LogP contribution >= 0.6 is 0 Å². The summed E-state index contributed by atoms with van der Waals surface area (Å²) in [6, 6.07) is 7.36. The Balaban J connectivity index is 1.96. The first-order valence-electron chi connectivity index (χ1n) is 7.07. The third-order valence-corrected chi connectivity index (χ3v) is 3.59. The molecule has 1 N–H and O–H groups in total. The van der Waals surface area contributed by atoms with Crippen molar-refractivity contribution in [1.29, 1.82) is 0 Å². The SMILES string of the molecule is C=CC(=O)Nc1cccc(CC(=O)N2CCN(C)CC2)c1. The molecular formula is C16H21N3O2. The molecule has 1 aromatic carbocycles. The number of benzene rings is 1. The third kappa shape index (κ3) is 4.43. The normalized spacial score (nSPS) is 15.6. The van der Waals surface area contributed by atoms with Gasteiger partial charge in [0, 0.05) is 31.9 Å². The predicted octanol–water partition coefficient (Wildman–Crippen LogP) is 1.13. The first kappa shape index (κ1) is 15.3. The second-order valence-corrected chi connectivity index (χ2v) is 5.25. The number of rotatable bonds is 4. The summed E-state index contributed by atoms with van der Waals surface area (Å²) in [6.07, 6.45) is 1.59. The standard InChI is InChI=1S/C16H21N3O2/c1-3-15(20)17-14-6-4-5-13(11-14)12-16(21)19-9-7-18(2)8-10-19/h3-6,11H,1,7-10,12H2,2H3,(H,17,20). The van der Waals surface area contributed by atoms with Crippen LogP contribution in [0.15, 0.2) is 36.9 Å². The van der Waals surface area contributed by atoms with Gasteiger partial charge in [0.25, 0.3) is 0 Å². The van der Waals surface area contributed by atoms with Gasteiger partial charge in [-0.1, -0.05) is 18.7 Å². The molecule has 1 aliphatic heterocycles. The molecule has 0 atom stereocenters. The monoisotopic (exact) mass is 287 g/mol. The molecule has 0 unspecified atom stereocenters. The van der Waals surface area contributed by atoms with Crippen LogP contribution in [0.4, 0.5) is 5.69 Å².